The number of rotatable bonds is 1. The zero-order valence-electron chi connectivity index (χ0n) is 7.72. The molecule has 0 unspecified atom stereocenters. The van der Waals surface area contributed by atoms with Crippen LogP contribution in [0.15, 0.2) is 0 Å². The number of carboxylic acids is 1. The Kier molecular flexibility index (Phi) is 2.03. The molecular weight excluding hydrogens is 192 g/mol. The van der Waals surface area contributed by atoms with Gasteiger partial charge in [0.1, 0.15) is 5.54 Å². The molecule has 1 aliphatic carbocycles. The Morgan fingerprint density at radius 3 is 2.57 bits per heavy atom. The van der Waals surface area contributed by atoms with Crippen molar-refractivity contribution in [3.8, 4) is 0 Å². The van der Waals surface area contributed by atoms with Crippen LogP contribution in [0.2, 0.25) is 0 Å². The average molecular weight is 205 g/mol. The predicted molar refractivity (Wildman–Crippen MR) is 45.3 cm³/mol. The summed E-state index contributed by atoms with van der Waals surface area (Å²) >= 11 is 0. The van der Waals surface area contributed by atoms with Crippen molar-refractivity contribution in [2.45, 2.75) is 37.1 Å². The van der Waals surface area contributed by atoms with E-state index >= 15 is 0 Å². The van der Waals surface area contributed by atoms with Crippen molar-refractivity contribution >= 4 is 5.97 Å². The van der Waals surface area contributed by atoms with Crippen molar-refractivity contribution in [2.75, 3.05) is 6.54 Å². The molecule has 0 amide bonds. The lowest BCUT2D eigenvalue weighted by molar-refractivity contribution is -0.146. The fourth-order valence-corrected chi connectivity index (χ4v) is 2.38. The Morgan fingerprint density at radius 1 is 1.36 bits per heavy atom. The van der Waals surface area contributed by atoms with Gasteiger partial charge in [-0.25, -0.2) is 8.78 Å². The van der Waals surface area contributed by atoms with Crippen LogP contribution in [0.4, 0.5) is 8.78 Å². The van der Waals surface area contributed by atoms with Crippen LogP contribution in [0, 0.1) is 5.92 Å². The third-order valence-electron chi connectivity index (χ3n) is 3.50. The van der Waals surface area contributed by atoms with Gasteiger partial charge in [0.15, 0.2) is 0 Å². The Balaban J connectivity index is 2.25. The number of fused-ring (bicyclic) bond motifs is 4. The summed E-state index contributed by atoms with van der Waals surface area (Å²) in [5, 5.41) is 11.8. The summed E-state index contributed by atoms with van der Waals surface area (Å²) in [6.07, 6.45) is 0.359. The van der Waals surface area contributed by atoms with Gasteiger partial charge in [-0.05, 0) is 19.3 Å². The Bertz CT molecular complexity index is 260. The maximum atomic E-state index is 13.4. The molecule has 0 spiro atoms. The summed E-state index contributed by atoms with van der Waals surface area (Å²) < 4.78 is 26.7. The summed E-state index contributed by atoms with van der Waals surface area (Å²) in [5.41, 5.74) is -1.09. The minimum atomic E-state index is -2.69. The van der Waals surface area contributed by atoms with E-state index in [4.69, 9.17) is 5.11 Å². The molecule has 5 heteroatoms. The molecule has 0 radical (unpaired) electrons. The third-order valence-corrected chi connectivity index (χ3v) is 3.50. The van der Waals surface area contributed by atoms with Gasteiger partial charge in [0.05, 0.1) is 0 Å². The van der Waals surface area contributed by atoms with Crippen molar-refractivity contribution in [1.82, 2.24) is 5.32 Å². The molecule has 0 aromatic carbocycles. The summed E-state index contributed by atoms with van der Waals surface area (Å²) in [4.78, 5) is 11.0. The van der Waals surface area contributed by atoms with Crippen LogP contribution in [0.1, 0.15) is 25.7 Å². The quantitative estimate of drug-likeness (QED) is 0.677. The average Bonchev–Trinajstić information content (AvgIpc) is 2.34. The van der Waals surface area contributed by atoms with Crippen LogP contribution in [0.3, 0.4) is 0 Å². The summed E-state index contributed by atoms with van der Waals surface area (Å²) in [7, 11) is 0. The van der Waals surface area contributed by atoms with Crippen molar-refractivity contribution in [2.24, 2.45) is 5.92 Å². The number of aliphatic carboxylic acids is 1. The van der Waals surface area contributed by atoms with Gasteiger partial charge in [-0.3, -0.25) is 4.79 Å². The van der Waals surface area contributed by atoms with Crippen LogP contribution in [-0.4, -0.2) is 29.1 Å². The number of alkyl halides is 2. The van der Waals surface area contributed by atoms with Gasteiger partial charge in [0.2, 0.25) is 0 Å². The van der Waals surface area contributed by atoms with Gasteiger partial charge < -0.3 is 10.4 Å². The fraction of sp³-hybridized carbons (Fsp3) is 0.889. The molecule has 2 aliphatic heterocycles. The lowest BCUT2D eigenvalue weighted by atomic mass is 9.86. The third kappa shape index (κ3) is 1.30. The molecule has 2 heterocycles. The molecular formula is C9H13F2NO2. The van der Waals surface area contributed by atoms with Gasteiger partial charge in [0, 0.05) is 18.9 Å². The van der Waals surface area contributed by atoms with E-state index in [9.17, 15) is 13.6 Å². The van der Waals surface area contributed by atoms with Crippen molar-refractivity contribution in [3.05, 3.63) is 0 Å². The van der Waals surface area contributed by atoms with Gasteiger partial charge >= 0.3 is 5.97 Å². The van der Waals surface area contributed by atoms with E-state index in [0.717, 1.165) is 0 Å². The molecule has 2 atom stereocenters. The van der Waals surface area contributed by atoms with Crippen molar-refractivity contribution in [3.63, 3.8) is 0 Å². The molecule has 3 fully saturated rings. The second kappa shape index (κ2) is 2.89. The molecule has 0 aromatic rings. The highest BCUT2D eigenvalue weighted by molar-refractivity contribution is 5.79. The zero-order chi connectivity index (χ0) is 10.4. The molecule has 14 heavy (non-hydrogen) atoms. The van der Waals surface area contributed by atoms with Crippen LogP contribution in [0.25, 0.3) is 0 Å². The molecule has 0 aromatic heterocycles. The lowest BCUT2D eigenvalue weighted by Crippen LogP contribution is -2.55. The number of hydrogen-bond acceptors (Lipinski definition) is 2. The number of carboxylic acid groups (broad SMARTS) is 1. The van der Waals surface area contributed by atoms with E-state index in [2.05, 4.69) is 5.32 Å². The second-order valence-electron chi connectivity index (χ2n) is 4.26. The molecule has 1 saturated carbocycles. The largest absolute Gasteiger partial charge is 0.480 e. The molecule has 3 aliphatic rings. The summed E-state index contributed by atoms with van der Waals surface area (Å²) in [6.45, 7) is 0.124. The zero-order valence-corrected chi connectivity index (χ0v) is 7.72. The molecule has 2 bridgehead atoms. The number of halogens is 2. The number of nitrogens with one attached hydrogen (secondary N) is 1. The molecule has 3 nitrogen and oxygen atoms in total. The first-order valence-corrected chi connectivity index (χ1v) is 4.83. The normalized spacial score (nSPS) is 40.6. The molecule has 3 rings (SSSR count). The van der Waals surface area contributed by atoms with Crippen molar-refractivity contribution in [1.29, 1.82) is 0 Å². The smallest absolute Gasteiger partial charge is 0.323 e. The number of carbonyl (C=O) groups is 1. The molecule has 2 N–H and O–H groups in total. The maximum Gasteiger partial charge on any atom is 0.323 e. The Hall–Kier alpha value is -0.710. The number of hydrogen-bond donors (Lipinski definition) is 2. The minimum absolute atomic E-state index is 0.0336. The summed E-state index contributed by atoms with van der Waals surface area (Å²) in [5.74, 6) is -4.37. The van der Waals surface area contributed by atoms with E-state index < -0.39 is 23.3 Å². The van der Waals surface area contributed by atoms with E-state index in [1.807, 2.05) is 0 Å². The molecule has 2 saturated heterocycles. The maximum absolute atomic E-state index is 13.4. The first-order chi connectivity index (χ1) is 6.46. The SMILES string of the molecule is O=C(O)[C@@]12CC[C@H](CN1)C(F)(F)CC2. The van der Waals surface area contributed by atoms with Crippen LogP contribution >= 0.6 is 0 Å². The highest BCUT2D eigenvalue weighted by Crippen LogP contribution is 2.43. The fourth-order valence-electron chi connectivity index (χ4n) is 2.38. The van der Waals surface area contributed by atoms with Crippen LogP contribution < -0.4 is 5.32 Å². The van der Waals surface area contributed by atoms with E-state index in [1.165, 1.54) is 0 Å². The van der Waals surface area contributed by atoms with E-state index in [0.29, 0.717) is 12.8 Å². The second-order valence-corrected chi connectivity index (χ2v) is 4.26. The standard InChI is InChI=1S/C9H13F2NO2/c10-9(11)4-3-8(7(13)14)2-1-6(9)5-12-8/h6,12H,1-5H2,(H,13,14)/t6-,8+/m1/s1. The highest BCUT2D eigenvalue weighted by atomic mass is 19.3. The minimum Gasteiger partial charge on any atom is -0.480 e. The Morgan fingerprint density at radius 2 is 2.07 bits per heavy atom. The lowest BCUT2D eigenvalue weighted by Gasteiger charge is -2.34. The summed E-state index contributed by atoms with van der Waals surface area (Å²) in [6, 6.07) is 0. The highest BCUT2D eigenvalue weighted by Gasteiger charge is 2.53. The first kappa shape index (κ1) is 9.83. The van der Waals surface area contributed by atoms with E-state index in [-0.39, 0.29) is 19.4 Å². The first-order valence-electron chi connectivity index (χ1n) is 4.83. The monoisotopic (exact) mass is 205 g/mol. The topological polar surface area (TPSA) is 49.3 Å². The van der Waals surface area contributed by atoms with Gasteiger partial charge in [-0.1, -0.05) is 0 Å². The van der Waals surface area contributed by atoms with Crippen LogP contribution in [-0.2, 0) is 4.79 Å². The van der Waals surface area contributed by atoms with Crippen LogP contribution in [0.5, 0.6) is 0 Å². The van der Waals surface area contributed by atoms with E-state index in [1.54, 1.807) is 0 Å². The molecule has 80 valence electrons. The van der Waals surface area contributed by atoms with Gasteiger partial charge in [-0.2, -0.15) is 0 Å². The van der Waals surface area contributed by atoms with Gasteiger partial charge in [-0.15, -0.1) is 0 Å². The Labute approximate surface area is 80.5 Å². The van der Waals surface area contributed by atoms with Crippen molar-refractivity contribution < 1.29 is 18.7 Å². The van der Waals surface area contributed by atoms with Gasteiger partial charge in [0.25, 0.3) is 5.92 Å². The number of piperidine rings is 1. The predicted octanol–water partition coefficient (Wildman–Crippen LogP) is 1.24.